The lowest BCUT2D eigenvalue weighted by Crippen LogP contribution is -2.19. The van der Waals surface area contributed by atoms with Gasteiger partial charge in [-0.2, -0.15) is 0 Å². The van der Waals surface area contributed by atoms with Crippen LogP contribution in [0.15, 0.2) is 69.0 Å². The lowest BCUT2D eigenvalue weighted by atomic mass is 10.1. The van der Waals surface area contributed by atoms with Crippen LogP contribution in [0.5, 0.6) is 0 Å². The molecule has 0 bridgehead atoms. The minimum Gasteiger partial charge on any atom is -0.453 e. The second kappa shape index (κ2) is 7.11. The van der Waals surface area contributed by atoms with E-state index in [-0.39, 0.29) is 0 Å². The van der Waals surface area contributed by atoms with Crippen molar-refractivity contribution in [2.24, 2.45) is 9.98 Å². The third-order valence-corrected chi connectivity index (χ3v) is 6.33. The second-order valence-electron chi connectivity index (χ2n) is 7.26. The zero-order chi connectivity index (χ0) is 19.9. The summed E-state index contributed by atoms with van der Waals surface area (Å²) in [5.74, 6) is 3.44. The number of aromatic nitrogens is 1. The summed E-state index contributed by atoms with van der Waals surface area (Å²) in [4.78, 5) is 13.7. The van der Waals surface area contributed by atoms with E-state index in [1.807, 2.05) is 12.1 Å². The fourth-order valence-corrected chi connectivity index (χ4v) is 4.76. The van der Waals surface area contributed by atoms with E-state index in [1.165, 1.54) is 4.70 Å². The lowest BCUT2D eigenvalue weighted by Gasteiger charge is -2.01. The highest BCUT2D eigenvalue weighted by Gasteiger charge is 2.14. The smallest absolute Gasteiger partial charge is 0.169 e. The molecule has 0 amide bonds. The van der Waals surface area contributed by atoms with Gasteiger partial charge in [-0.3, -0.25) is 9.98 Å². The van der Waals surface area contributed by atoms with E-state index in [1.54, 1.807) is 11.3 Å². The first kappa shape index (κ1) is 17.4. The largest absolute Gasteiger partial charge is 0.453 e. The molecule has 0 aliphatic carbocycles. The Morgan fingerprint density at radius 1 is 0.733 bits per heavy atom. The molecule has 2 N–H and O–H groups in total. The SMILES string of the molecule is c1cc2nc(-c3ccc(-c4ccc(C5=NCCN5)o4)cc3)sc2cc1C1=NCCN1. The third-order valence-electron chi connectivity index (χ3n) is 5.27. The van der Waals surface area contributed by atoms with Crippen molar-refractivity contribution in [3.8, 4) is 21.9 Å². The van der Waals surface area contributed by atoms with Gasteiger partial charge in [-0.25, -0.2) is 4.98 Å². The van der Waals surface area contributed by atoms with E-state index in [4.69, 9.17) is 9.40 Å². The normalized spacial score (nSPS) is 15.7. The molecule has 0 atom stereocenters. The molecule has 0 radical (unpaired) electrons. The quantitative estimate of drug-likeness (QED) is 0.532. The molecular formula is C23H19N5OS. The first-order valence-corrected chi connectivity index (χ1v) is 10.8. The fraction of sp³-hybridized carbons (Fsp3) is 0.174. The molecule has 0 spiro atoms. The molecule has 0 unspecified atom stereocenters. The average molecular weight is 414 g/mol. The van der Waals surface area contributed by atoms with Gasteiger partial charge in [0.1, 0.15) is 16.6 Å². The number of amidine groups is 2. The van der Waals surface area contributed by atoms with Crippen LogP contribution in [0.4, 0.5) is 0 Å². The zero-order valence-corrected chi connectivity index (χ0v) is 17.0. The third kappa shape index (κ3) is 3.07. The van der Waals surface area contributed by atoms with Gasteiger partial charge in [-0.1, -0.05) is 24.3 Å². The molecule has 2 aliphatic rings. The molecule has 0 fully saturated rings. The Hall–Kier alpha value is -3.45. The number of rotatable bonds is 4. The van der Waals surface area contributed by atoms with Crippen LogP contribution in [0.25, 0.3) is 32.1 Å². The van der Waals surface area contributed by atoms with Gasteiger partial charge in [-0.05, 0) is 30.3 Å². The van der Waals surface area contributed by atoms with Gasteiger partial charge >= 0.3 is 0 Å². The van der Waals surface area contributed by atoms with Gasteiger partial charge in [0.2, 0.25) is 0 Å². The monoisotopic (exact) mass is 413 g/mol. The van der Waals surface area contributed by atoms with Gasteiger partial charge in [0.15, 0.2) is 11.6 Å². The zero-order valence-electron chi connectivity index (χ0n) is 16.2. The number of aliphatic imine (C=N–C) groups is 2. The Kier molecular flexibility index (Phi) is 4.12. The summed E-state index contributed by atoms with van der Waals surface area (Å²) in [5.41, 5.74) is 4.28. The Morgan fingerprint density at radius 2 is 1.43 bits per heavy atom. The van der Waals surface area contributed by atoms with Gasteiger partial charge in [-0.15, -0.1) is 11.3 Å². The van der Waals surface area contributed by atoms with E-state index in [0.29, 0.717) is 0 Å². The molecule has 2 aromatic carbocycles. The number of thiazole rings is 1. The van der Waals surface area contributed by atoms with Crippen LogP contribution < -0.4 is 10.6 Å². The van der Waals surface area contributed by atoms with E-state index in [2.05, 4.69) is 63.1 Å². The first-order chi connectivity index (χ1) is 14.8. The molecule has 0 saturated carbocycles. The summed E-state index contributed by atoms with van der Waals surface area (Å²) >= 11 is 1.70. The summed E-state index contributed by atoms with van der Waals surface area (Å²) in [5, 5.41) is 7.59. The minimum absolute atomic E-state index is 0.787. The number of benzene rings is 2. The minimum atomic E-state index is 0.787. The van der Waals surface area contributed by atoms with E-state index in [9.17, 15) is 0 Å². The maximum atomic E-state index is 5.99. The highest BCUT2D eigenvalue weighted by Crippen LogP contribution is 2.32. The van der Waals surface area contributed by atoms with Gasteiger partial charge in [0.25, 0.3) is 0 Å². The summed E-state index contributed by atoms with van der Waals surface area (Å²) in [6, 6.07) is 18.7. The number of fused-ring (bicyclic) bond motifs is 1. The van der Waals surface area contributed by atoms with Gasteiger partial charge in [0, 0.05) is 29.8 Å². The predicted octanol–water partition coefficient (Wildman–Crippen LogP) is 3.92. The van der Waals surface area contributed by atoms with Crippen LogP contribution in [-0.4, -0.2) is 42.8 Å². The van der Waals surface area contributed by atoms with E-state index in [0.717, 1.165) is 76.6 Å². The van der Waals surface area contributed by atoms with Crippen molar-refractivity contribution in [1.82, 2.24) is 15.6 Å². The Labute approximate surface area is 177 Å². The molecule has 6 nitrogen and oxygen atoms in total. The lowest BCUT2D eigenvalue weighted by molar-refractivity contribution is 0.570. The van der Waals surface area contributed by atoms with Crippen molar-refractivity contribution in [3.63, 3.8) is 0 Å². The maximum Gasteiger partial charge on any atom is 0.169 e. The highest BCUT2D eigenvalue weighted by molar-refractivity contribution is 7.21. The van der Waals surface area contributed by atoms with Crippen LogP contribution in [-0.2, 0) is 0 Å². The van der Waals surface area contributed by atoms with Gasteiger partial charge < -0.3 is 15.1 Å². The Morgan fingerprint density at radius 3 is 2.20 bits per heavy atom. The van der Waals surface area contributed by atoms with Crippen LogP contribution in [0.2, 0.25) is 0 Å². The molecule has 0 saturated heterocycles. The average Bonchev–Trinajstić information content (AvgIpc) is 3.58. The second-order valence-corrected chi connectivity index (χ2v) is 8.29. The summed E-state index contributed by atoms with van der Waals surface area (Å²) in [6.07, 6.45) is 0. The van der Waals surface area contributed by atoms with Crippen molar-refractivity contribution < 1.29 is 4.42 Å². The molecule has 4 aromatic rings. The van der Waals surface area contributed by atoms with Crippen molar-refractivity contribution in [2.75, 3.05) is 26.2 Å². The first-order valence-electron chi connectivity index (χ1n) is 10.0. The molecule has 2 aliphatic heterocycles. The molecule has 4 heterocycles. The molecule has 148 valence electrons. The van der Waals surface area contributed by atoms with Crippen molar-refractivity contribution in [1.29, 1.82) is 0 Å². The number of nitrogens with zero attached hydrogens (tertiary/aromatic N) is 3. The highest BCUT2D eigenvalue weighted by atomic mass is 32.1. The standard InChI is InChI=1S/C23H19N5OS/c1-3-15(4-2-14(1)18-7-8-19(29-18)22-26-11-12-27-22)23-28-17-6-5-16(13-20(17)30-23)21-24-9-10-25-21/h1-8,13H,9-12H2,(H,24,25)(H,26,27). The molecule has 30 heavy (non-hydrogen) atoms. The topological polar surface area (TPSA) is 74.8 Å². The van der Waals surface area contributed by atoms with Crippen LogP contribution in [0.3, 0.4) is 0 Å². The maximum absolute atomic E-state index is 5.99. The summed E-state index contributed by atoms with van der Waals surface area (Å²) in [6.45, 7) is 3.42. The van der Waals surface area contributed by atoms with Crippen LogP contribution in [0.1, 0.15) is 11.3 Å². The fourth-order valence-electron chi connectivity index (χ4n) is 3.75. The van der Waals surface area contributed by atoms with Gasteiger partial charge in [0.05, 0.1) is 23.3 Å². The number of furan rings is 1. The van der Waals surface area contributed by atoms with Crippen molar-refractivity contribution >= 4 is 33.2 Å². The number of hydrogen-bond acceptors (Lipinski definition) is 7. The van der Waals surface area contributed by atoms with Crippen molar-refractivity contribution in [3.05, 3.63) is 65.9 Å². The molecular weight excluding hydrogens is 394 g/mol. The van der Waals surface area contributed by atoms with Crippen LogP contribution in [0, 0.1) is 0 Å². The van der Waals surface area contributed by atoms with E-state index < -0.39 is 0 Å². The number of nitrogens with one attached hydrogen (secondary N) is 2. The van der Waals surface area contributed by atoms with Crippen LogP contribution >= 0.6 is 11.3 Å². The summed E-state index contributed by atoms with van der Waals surface area (Å²) < 4.78 is 7.16. The summed E-state index contributed by atoms with van der Waals surface area (Å²) in [7, 11) is 0. The number of hydrogen-bond donors (Lipinski definition) is 2. The van der Waals surface area contributed by atoms with E-state index >= 15 is 0 Å². The Bertz CT molecular complexity index is 1300. The Balaban J connectivity index is 1.28. The molecule has 2 aromatic heterocycles. The predicted molar refractivity (Wildman–Crippen MR) is 122 cm³/mol. The van der Waals surface area contributed by atoms with Crippen molar-refractivity contribution in [2.45, 2.75) is 0 Å². The molecule has 6 rings (SSSR count). The molecule has 7 heteroatoms.